The first-order chi connectivity index (χ1) is 10.1. The molecule has 1 N–H and O–H groups in total. The molecule has 0 atom stereocenters. The average Bonchev–Trinajstić information content (AvgIpc) is 3.25. The van der Waals surface area contributed by atoms with Crippen LogP contribution in [-0.4, -0.2) is 6.04 Å². The fourth-order valence-electron chi connectivity index (χ4n) is 2.19. The first kappa shape index (κ1) is 14.7. The molecule has 0 amide bonds. The largest absolute Gasteiger partial charge is 0.457 e. The van der Waals surface area contributed by atoms with Crippen molar-refractivity contribution >= 4 is 23.2 Å². The highest BCUT2D eigenvalue weighted by atomic mass is 35.5. The fraction of sp³-hybridized carbons (Fsp3) is 0.294. The molecule has 0 bridgehead atoms. The van der Waals surface area contributed by atoms with Gasteiger partial charge in [0.25, 0.3) is 0 Å². The van der Waals surface area contributed by atoms with Crippen molar-refractivity contribution in [3.8, 4) is 11.5 Å². The smallest absolute Gasteiger partial charge is 0.133 e. The molecule has 2 nitrogen and oxygen atoms in total. The Labute approximate surface area is 135 Å². The van der Waals surface area contributed by atoms with E-state index >= 15 is 0 Å². The van der Waals surface area contributed by atoms with Crippen molar-refractivity contribution < 1.29 is 4.74 Å². The summed E-state index contributed by atoms with van der Waals surface area (Å²) in [6, 6.07) is 12.0. The highest BCUT2D eigenvalue weighted by Gasteiger charge is 2.21. The van der Waals surface area contributed by atoms with Gasteiger partial charge in [0.05, 0.1) is 0 Å². The van der Waals surface area contributed by atoms with Crippen molar-refractivity contribution in [1.29, 1.82) is 0 Å². The Morgan fingerprint density at radius 1 is 1.14 bits per heavy atom. The summed E-state index contributed by atoms with van der Waals surface area (Å²) < 4.78 is 6.05. The van der Waals surface area contributed by atoms with Crippen LogP contribution in [0.15, 0.2) is 36.4 Å². The Bertz CT molecular complexity index is 653. The zero-order valence-electron chi connectivity index (χ0n) is 11.8. The molecule has 0 saturated heterocycles. The Balaban J connectivity index is 1.84. The summed E-state index contributed by atoms with van der Waals surface area (Å²) in [5.74, 6) is 1.59. The summed E-state index contributed by atoms with van der Waals surface area (Å²) in [6.07, 6.45) is 2.49. The number of hydrogen-bond acceptors (Lipinski definition) is 2. The third-order valence-corrected chi connectivity index (χ3v) is 4.17. The van der Waals surface area contributed by atoms with E-state index < -0.39 is 0 Å². The van der Waals surface area contributed by atoms with Crippen molar-refractivity contribution in [2.45, 2.75) is 32.4 Å². The fourth-order valence-corrected chi connectivity index (χ4v) is 2.65. The second kappa shape index (κ2) is 6.27. The van der Waals surface area contributed by atoms with E-state index in [1.165, 1.54) is 12.8 Å². The van der Waals surface area contributed by atoms with Crippen LogP contribution in [-0.2, 0) is 6.54 Å². The number of ether oxygens (including phenoxy) is 1. The number of nitrogens with one attached hydrogen (secondary N) is 1. The van der Waals surface area contributed by atoms with Crippen molar-refractivity contribution in [1.82, 2.24) is 5.32 Å². The van der Waals surface area contributed by atoms with Gasteiger partial charge >= 0.3 is 0 Å². The van der Waals surface area contributed by atoms with E-state index in [1.54, 1.807) is 0 Å². The average molecular weight is 322 g/mol. The van der Waals surface area contributed by atoms with Crippen molar-refractivity contribution in [2.75, 3.05) is 0 Å². The lowest BCUT2D eigenvalue weighted by Crippen LogP contribution is -2.16. The molecule has 0 heterocycles. The Hall–Kier alpha value is -1.22. The van der Waals surface area contributed by atoms with Crippen molar-refractivity contribution in [2.24, 2.45) is 0 Å². The lowest BCUT2D eigenvalue weighted by atomic mass is 10.2. The van der Waals surface area contributed by atoms with Gasteiger partial charge in [-0.25, -0.2) is 0 Å². The van der Waals surface area contributed by atoms with Gasteiger partial charge in [0.15, 0.2) is 0 Å². The van der Waals surface area contributed by atoms with Crippen LogP contribution in [0.3, 0.4) is 0 Å². The standard InChI is InChI=1S/C17H17Cl2NO/c1-11-9-12(18)5-8-16(11)21-17-4-2-3-15(19)14(17)10-20-13-6-7-13/h2-5,8-9,13,20H,6-7,10H2,1H3. The number of aryl methyl sites for hydroxylation is 1. The molecule has 0 aromatic heterocycles. The van der Waals surface area contributed by atoms with Gasteiger partial charge in [0, 0.05) is 28.2 Å². The maximum atomic E-state index is 6.32. The molecule has 0 spiro atoms. The molecule has 0 unspecified atom stereocenters. The maximum Gasteiger partial charge on any atom is 0.133 e. The highest BCUT2D eigenvalue weighted by Crippen LogP contribution is 2.33. The van der Waals surface area contributed by atoms with E-state index in [-0.39, 0.29) is 0 Å². The number of rotatable bonds is 5. The second-order valence-electron chi connectivity index (χ2n) is 5.38. The summed E-state index contributed by atoms with van der Waals surface area (Å²) in [5, 5.41) is 4.92. The molecule has 1 aliphatic rings. The Morgan fingerprint density at radius 3 is 2.67 bits per heavy atom. The number of benzene rings is 2. The summed E-state index contributed by atoms with van der Waals surface area (Å²) in [5.41, 5.74) is 2.00. The predicted molar refractivity (Wildman–Crippen MR) is 87.6 cm³/mol. The molecule has 1 aliphatic carbocycles. The summed E-state index contributed by atoms with van der Waals surface area (Å²) >= 11 is 12.3. The van der Waals surface area contributed by atoms with Gasteiger partial charge in [-0.1, -0.05) is 29.3 Å². The normalized spacial score (nSPS) is 14.2. The molecule has 2 aromatic carbocycles. The monoisotopic (exact) mass is 321 g/mol. The van der Waals surface area contributed by atoms with Gasteiger partial charge < -0.3 is 10.1 Å². The summed E-state index contributed by atoms with van der Waals surface area (Å²) in [4.78, 5) is 0. The molecule has 1 fully saturated rings. The lowest BCUT2D eigenvalue weighted by molar-refractivity contribution is 0.469. The molecule has 0 radical (unpaired) electrons. The molecule has 1 saturated carbocycles. The van der Waals surface area contributed by atoms with E-state index in [4.69, 9.17) is 27.9 Å². The van der Waals surface area contributed by atoms with Gasteiger partial charge in [0.1, 0.15) is 11.5 Å². The van der Waals surface area contributed by atoms with Crippen LogP contribution in [0.25, 0.3) is 0 Å². The van der Waals surface area contributed by atoms with Gasteiger partial charge in [-0.3, -0.25) is 0 Å². The van der Waals surface area contributed by atoms with E-state index in [1.807, 2.05) is 43.3 Å². The van der Waals surface area contributed by atoms with Crippen LogP contribution in [0.2, 0.25) is 10.0 Å². The molecule has 2 aromatic rings. The Kier molecular flexibility index (Phi) is 4.39. The second-order valence-corrected chi connectivity index (χ2v) is 6.23. The first-order valence-electron chi connectivity index (χ1n) is 7.08. The van der Waals surface area contributed by atoms with Crippen molar-refractivity contribution in [3.63, 3.8) is 0 Å². The van der Waals surface area contributed by atoms with Crippen LogP contribution in [0.5, 0.6) is 11.5 Å². The summed E-state index contributed by atoms with van der Waals surface area (Å²) in [7, 11) is 0. The third kappa shape index (κ3) is 3.70. The third-order valence-electron chi connectivity index (χ3n) is 3.58. The van der Waals surface area contributed by atoms with Gasteiger partial charge in [-0.05, 0) is 55.7 Å². The molecular formula is C17H17Cl2NO. The lowest BCUT2D eigenvalue weighted by Gasteiger charge is -2.15. The minimum absolute atomic E-state index is 0.631. The topological polar surface area (TPSA) is 21.3 Å². The van der Waals surface area contributed by atoms with E-state index in [0.717, 1.165) is 34.2 Å². The number of halogens is 2. The van der Waals surface area contributed by atoms with Crippen LogP contribution in [0, 0.1) is 6.92 Å². The van der Waals surface area contributed by atoms with Crippen LogP contribution in [0.4, 0.5) is 0 Å². The van der Waals surface area contributed by atoms with Gasteiger partial charge in [-0.15, -0.1) is 0 Å². The predicted octanol–water partition coefficient (Wildman–Crippen LogP) is 5.35. The first-order valence-corrected chi connectivity index (χ1v) is 7.84. The van der Waals surface area contributed by atoms with Crippen LogP contribution < -0.4 is 10.1 Å². The zero-order valence-corrected chi connectivity index (χ0v) is 13.3. The Morgan fingerprint density at radius 2 is 1.95 bits per heavy atom. The van der Waals surface area contributed by atoms with E-state index in [9.17, 15) is 0 Å². The molecular weight excluding hydrogens is 305 g/mol. The van der Waals surface area contributed by atoms with Gasteiger partial charge in [0.2, 0.25) is 0 Å². The van der Waals surface area contributed by atoms with E-state index in [2.05, 4.69) is 5.32 Å². The van der Waals surface area contributed by atoms with E-state index in [0.29, 0.717) is 11.1 Å². The maximum absolute atomic E-state index is 6.32. The number of hydrogen-bond donors (Lipinski definition) is 1. The SMILES string of the molecule is Cc1cc(Cl)ccc1Oc1cccc(Cl)c1CNC1CC1. The zero-order chi connectivity index (χ0) is 14.8. The van der Waals surface area contributed by atoms with Crippen LogP contribution in [0.1, 0.15) is 24.0 Å². The van der Waals surface area contributed by atoms with Gasteiger partial charge in [-0.2, -0.15) is 0 Å². The van der Waals surface area contributed by atoms with Crippen LogP contribution >= 0.6 is 23.2 Å². The molecule has 21 heavy (non-hydrogen) atoms. The molecule has 0 aliphatic heterocycles. The molecule has 110 valence electrons. The van der Waals surface area contributed by atoms with Crippen molar-refractivity contribution in [3.05, 3.63) is 57.6 Å². The molecule has 4 heteroatoms. The quantitative estimate of drug-likeness (QED) is 0.801. The highest BCUT2D eigenvalue weighted by molar-refractivity contribution is 6.31. The molecule has 3 rings (SSSR count). The minimum atomic E-state index is 0.631. The summed E-state index contributed by atoms with van der Waals surface area (Å²) in [6.45, 7) is 2.71. The minimum Gasteiger partial charge on any atom is -0.457 e.